The number of benzene rings is 2. The molecule has 4 nitrogen and oxygen atoms in total. The number of hydrogen-bond donors (Lipinski definition) is 0. The molecule has 0 saturated heterocycles. The molecular formula is C24H28O4. The molecule has 0 radical (unpaired) electrons. The first-order valence-electron chi connectivity index (χ1n) is 10.2. The molecule has 0 saturated carbocycles. The maximum absolute atomic E-state index is 12.8. The summed E-state index contributed by atoms with van der Waals surface area (Å²) in [4.78, 5) is 24.7. The zero-order chi connectivity index (χ0) is 19.9. The van der Waals surface area contributed by atoms with Crippen molar-refractivity contribution in [3.8, 4) is 5.75 Å². The Hall–Kier alpha value is -2.62. The van der Waals surface area contributed by atoms with Crippen LogP contribution in [0.5, 0.6) is 5.75 Å². The van der Waals surface area contributed by atoms with E-state index in [0.717, 1.165) is 44.1 Å². The lowest BCUT2D eigenvalue weighted by molar-refractivity contribution is -0.142. The summed E-state index contributed by atoms with van der Waals surface area (Å²) in [7, 11) is 0. The summed E-state index contributed by atoms with van der Waals surface area (Å²) in [6, 6.07) is 11.5. The van der Waals surface area contributed by atoms with Crippen LogP contribution in [-0.4, -0.2) is 18.5 Å². The van der Waals surface area contributed by atoms with Crippen molar-refractivity contribution in [2.75, 3.05) is 6.61 Å². The Balaban J connectivity index is 1.81. The molecule has 3 rings (SSSR count). The van der Waals surface area contributed by atoms with Crippen molar-refractivity contribution in [2.24, 2.45) is 0 Å². The highest BCUT2D eigenvalue weighted by Gasteiger charge is 2.23. The lowest BCUT2D eigenvalue weighted by Gasteiger charge is -2.15. The maximum atomic E-state index is 12.8. The molecule has 1 aliphatic carbocycles. The van der Waals surface area contributed by atoms with E-state index in [0.29, 0.717) is 23.5 Å². The van der Waals surface area contributed by atoms with Crippen LogP contribution >= 0.6 is 0 Å². The van der Waals surface area contributed by atoms with Gasteiger partial charge >= 0.3 is 11.9 Å². The highest BCUT2D eigenvalue weighted by atomic mass is 16.5. The van der Waals surface area contributed by atoms with Crippen LogP contribution in [0.4, 0.5) is 0 Å². The average molecular weight is 380 g/mol. The zero-order valence-electron chi connectivity index (χ0n) is 16.8. The molecule has 0 bridgehead atoms. The first-order chi connectivity index (χ1) is 13.6. The smallest absolute Gasteiger partial charge is 0.343 e. The zero-order valence-corrected chi connectivity index (χ0v) is 16.8. The monoisotopic (exact) mass is 380 g/mol. The summed E-state index contributed by atoms with van der Waals surface area (Å²) >= 11 is 0. The second kappa shape index (κ2) is 9.54. The first kappa shape index (κ1) is 20.1. The number of fused-ring (bicyclic) bond motifs is 1. The molecule has 0 atom stereocenters. The van der Waals surface area contributed by atoms with Crippen molar-refractivity contribution in [3.05, 3.63) is 64.2 Å². The van der Waals surface area contributed by atoms with Crippen molar-refractivity contribution < 1.29 is 19.1 Å². The van der Waals surface area contributed by atoms with E-state index in [2.05, 4.69) is 6.92 Å². The summed E-state index contributed by atoms with van der Waals surface area (Å²) in [6.07, 6.45) is 6.29. The Morgan fingerprint density at radius 2 is 1.79 bits per heavy atom. The molecule has 148 valence electrons. The normalized spacial score (nSPS) is 12.5. The summed E-state index contributed by atoms with van der Waals surface area (Å²) < 4.78 is 10.9. The second-order valence-corrected chi connectivity index (χ2v) is 7.22. The van der Waals surface area contributed by atoms with Gasteiger partial charge < -0.3 is 9.47 Å². The SMILES string of the molecule is CCCCc1ccc(C(=O)Oc2c(CC(=O)OCC)ccc3c2CCC3)cc1. The number of carbonyl (C=O) groups is 2. The molecule has 0 aromatic heterocycles. The van der Waals surface area contributed by atoms with Crippen molar-refractivity contribution in [1.29, 1.82) is 0 Å². The Kier molecular flexibility index (Phi) is 6.85. The van der Waals surface area contributed by atoms with Gasteiger partial charge in [0.1, 0.15) is 5.75 Å². The highest BCUT2D eigenvalue weighted by molar-refractivity contribution is 5.91. The van der Waals surface area contributed by atoms with Gasteiger partial charge in [0.15, 0.2) is 0 Å². The summed E-state index contributed by atoms with van der Waals surface area (Å²) in [5, 5.41) is 0. The Morgan fingerprint density at radius 3 is 2.50 bits per heavy atom. The van der Waals surface area contributed by atoms with Crippen LogP contribution < -0.4 is 4.74 Å². The van der Waals surface area contributed by atoms with Gasteiger partial charge in [0.2, 0.25) is 0 Å². The maximum Gasteiger partial charge on any atom is 0.343 e. The minimum absolute atomic E-state index is 0.111. The number of carbonyl (C=O) groups excluding carboxylic acids is 2. The molecule has 0 amide bonds. The van der Waals surface area contributed by atoms with Crippen molar-refractivity contribution >= 4 is 11.9 Å². The molecule has 28 heavy (non-hydrogen) atoms. The number of rotatable bonds is 8. The minimum Gasteiger partial charge on any atom is -0.466 e. The van der Waals surface area contributed by atoms with Crippen LogP contribution in [-0.2, 0) is 35.2 Å². The molecule has 0 N–H and O–H groups in total. The van der Waals surface area contributed by atoms with E-state index >= 15 is 0 Å². The predicted molar refractivity (Wildman–Crippen MR) is 109 cm³/mol. The summed E-state index contributed by atoms with van der Waals surface area (Å²) in [5.41, 5.74) is 4.71. The van der Waals surface area contributed by atoms with Crippen LogP contribution in [0.3, 0.4) is 0 Å². The van der Waals surface area contributed by atoms with Crippen LogP contribution in [0.25, 0.3) is 0 Å². The van der Waals surface area contributed by atoms with E-state index in [4.69, 9.17) is 9.47 Å². The van der Waals surface area contributed by atoms with Crippen LogP contribution in [0.2, 0.25) is 0 Å². The molecule has 2 aromatic rings. The lowest BCUT2D eigenvalue weighted by atomic mass is 10.0. The average Bonchev–Trinajstić information content (AvgIpc) is 3.17. The largest absolute Gasteiger partial charge is 0.466 e. The third kappa shape index (κ3) is 4.80. The van der Waals surface area contributed by atoms with E-state index in [-0.39, 0.29) is 18.4 Å². The lowest BCUT2D eigenvalue weighted by Crippen LogP contribution is -2.14. The highest BCUT2D eigenvalue weighted by Crippen LogP contribution is 2.35. The van der Waals surface area contributed by atoms with Gasteiger partial charge in [-0.25, -0.2) is 4.79 Å². The Bertz CT molecular complexity index is 836. The fourth-order valence-corrected chi connectivity index (χ4v) is 3.65. The van der Waals surface area contributed by atoms with E-state index in [9.17, 15) is 9.59 Å². The van der Waals surface area contributed by atoms with Gasteiger partial charge in [-0.3, -0.25) is 4.79 Å². The number of hydrogen-bond acceptors (Lipinski definition) is 4. The Labute approximate surface area is 166 Å². The molecule has 0 heterocycles. The molecule has 4 heteroatoms. The third-order valence-corrected chi connectivity index (χ3v) is 5.16. The minimum atomic E-state index is -0.382. The van der Waals surface area contributed by atoms with Gasteiger partial charge in [-0.1, -0.05) is 37.6 Å². The molecule has 0 spiro atoms. The quantitative estimate of drug-likeness (QED) is 0.486. The van der Waals surface area contributed by atoms with Crippen LogP contribution in [0.15, 0.2) is 36.4 Å². The number of ether oxygens (including phenoxy) is 2. The fourth-order valence-electron chi connectivity index (χ4n) is 3.65. The standard InChI is InChI=1S/C24H28O4/c1-3-5-7-17-10-12-19(13-11-17)24(26)28-23-20(16-22(25)27-4-2)15-14-18-8-6-9-21(18)23/h10-15H,3-9,16H2,1-2H3. The summed E-state index contributed by atoms with van der Waals surface area (Å²) in [6.45, 7) is 4.28. The molecular weight excluding hydrogens is 352 g/mol. The van der Waals surface area contributed by atoms with Gasteiger partial charge in [0.25, 0.3) is 0 Å². The molecule has 0 unspecified atom stereocenters. The molecule has 0 fully saturated rings. The van der Waals surface area contributed by atoms with Gasteiger partial charge in [-0.15, -0.1) is 0 Å². The van der Waals surface area contributed by atoms with E-state index in [1.54, 1.807) is 6.92 Å². The fraction of sp³-hybridized carbons (Fsp3) is 0.417. The molecule has 2 aromatic carbocycles. The van der Waals surface area contributed by atoms with Crippen LogP contribution in [0, 0.1) is 0 Å². The van der Waals surface area contributed by atoms with Crippen molar-refractivity contribution in [2.45, 2.75) is 58.8 Å². The van der Waals surface area contributed by atoms with Gasteiger partial charge in [0.05, 0.1) is 18.6 Å². The predicted octanol–water partition coefficient (Wildman–Crippen LogP) is 4.84. The summed E-state index contributed by atoms with van der Waals surface area (Å²) in [5.74, 6) is -0.145. The van der Waals surface area contributed by atoms with Gasteiger partial charge in [-0.2, -0.15) is 0 Å². The van der Waals surface area contributed by atoms with Crippen LogP contribution in [0.1, 0.15) is 65.7 Å². The number of unbranched alkanes of at least 4 members (excludes halogenated alkanes) is 1. The Morgan fingerprint density at radius 1 is 1.00 bits per heavy atom. The number of esters is 2. The van der Waals surface area contributed by atoms with Gasteiger partial charge in [-0.05, 0) is 67.9 Å². The van der Waals surface area contributed by atoms with E-state index < -0.39 is 0 Å². The second-order valence-electron chi connectivity index (χ2n) is 7.22. The topological polar surface area (TPSA) is 52.6 Å². The first-order valence-corrected chi connectivity index (χ1v) is 10.2. The van der Waals surface area contributed by atoms with E-state index in [1.807, 2.05) is 36.4 Å². The third-order valence-electron chi connectivity index (χ3n) is 5.16. The van der Waals surface area contributed by atoms with E-state index in [1.165, 1.54) is 11.1 Å². The van der Waals surface area contributed by atoms with Gasteiger partial charge in [0, 0.05) is 5.56 Å². The molecule has 1 aliphatic rings. The molecule has 0 aliphatic heterocycles. The number of aryl methyl sites for hydroxylation is 2. The van der Waals surface area contributed by atoms with Crippen molar-refractivity contribution in [1.82, 2.24) is 0 Å². The van der Waals surface area contributed by atoms with Crippen molar-refractivity contribution in [3.63, 3.8) is 0 Å².